The molecule has 0 saturated carbocycles. The summed E-state index contributed by atoms with van der Waals surface area (Å²) in [7, 11) is 5.53. The summed E-state index contributed by atoms with van der Waals surface area (Å²) in [6.07, 6.45) is 7.68. The highest BCUT2D eigenvalue weighted by atomic mass is 32.2. The van der Waals surface area contributed by atoms with Gasteiger partial charge in [-0.2, -0.15) is 0 Å². The van der Waals surface area contributed by atoms with Gasteiger partial charge in [-0.3, -0.25) is 0 Å². The van der Waals surface area contributed by atoms with E-state index in [1.165, 1.54) is 62.9 Å². The van der Waals surface area contributed by atoms with Crippen LogP contribution >= 0.6 is 23.5 Å². The second-order valence-electron chi connectivity index (χ2n) is 18.3. The number of nitrogens with one attached hydrogen (secondary N) is 2. The molecule has 5 aromatic rings. The molecule has 7 rings (SSSR count). The molecule has 2 heterocycles. The maximum Gasteiger partial charge on any atom is 0.122 e. The van der Waals surface area contributed by atoms with Gasteiger partial charge >= 0.3 is 0 Å². The van der Waals surface area contributed by atoms with E-state index in [1.807, 2.05) is 24.3 Å². The van der Waals surface area contributed by atoms with Crippen LogP contribution in [0.5, 0.6) is 17.2 Å². The minimum absolute atomic E-state index is 0.471. The number of rotatable bonds is 13. The molecule has 0 saturated heterocycles. The predicted octanol–water partition coefficient (Wildman–Crippen LogP) is 15.2. The van der Waals surface area contributed by atoms with Crippen molar-refractivity contribution in [3.8, 4) is 17.2 Å². The number of fused-ring (bicyclic) bond motifs is 2. The molecule has 0 bridgehead atoms. The van der Waals surface area contributed by atoms with Gasteiger partial charge in [0.1, 0.15) is 17.2 Å². The molecule has 0 radical (unpaired) electrons. The van der Waals surface area contributed by atoms with E-state index < -0.39 is 0 Å². The zero-order valence-corrected chi connectivity index (χ0v) is 45.0. The van der Waals surface area contributed by atoms with E-state index in [9.17, 15) is 0 Å². The Hall–Kier alpha value is -4.60. The van der Waals surface area contributed by atoms with Gasteiger partial charge in [-0.25, -0.2) is 0 Å². The number of nitrogens with zero attached hydrogens (tertiary/aromatic N) is 2. The molecule has 2 aliphatic heterocycles. The molecule has 2 N–H and O–H groups in total. The number of ether oxygens (including phenoxy) is 3. The van der Waals surface area contributed by atoms with Crippen LogP contribution in [-0.4, -0.2) is 71.1 Å². The minimum atomic E-state index is 0.471. The van der Waals surface area contributed by atoms with E-state index in [1.54, 1.807) is 37.7 Å². The normalized spacial score (nSPS) is 12.8. The molecule has 0 fully saturated rings. The topological polar surface area (TPSA) is 58.2 Å². The third-order valence-electron chi connectivity index (χ3n) is 11.7. The van der Waals surface area contributed by atoms with Crippen LogP contribution in [0, 0.1) is 5.92 Å². The zero-order chi connectivity index (χ0) is 48.8. The van der Waals surface area contributed by atoms with Crippen molar-refractivity contribution in [2.75, 3.05) is 67.4 Å². The number of anilines is 4. The smallest absolute Gasteiger partial charge is 0.122 e. The Kier molecular flexibility index (Phi) is 24.7. The molecule has 0 amide bonds. The Morgan fingerprint density at radius 2 is 1.14 bits per heavy atom. The van der Waals surface area contributed by atoms with Gasteiger partial charge in [-0.1, -0.05) is 32.9 Å². The standard InChI is InChI=1S/C13H19NO.C12H17NO.C12H18S.C10H15NO.C10H15NS/c1-10(2)14-8-4-5-11-9-12(15-3)6-7-13(11)14;1-9(2)13(3)11-4-5-12-10(8-11)6-7-14-12;1-9(2)10(3)11-5-7-12(13-4)8-6-11;2*1-8(2)11-9-4-6-10(12-3)7-5-9/h6-7,9-10H,4-5,8H2,1-3H3;4-5,8-9H,6-7H2,1-3H3;5-10H,1-4H3;2*4-8,11H,1-3H3. The fourth-order valence-electron chi connectivity index (χ4n) is 7.29. The van der Waals surface area contributed by atoms with Crippen LogP contribution in [0.3, 0.4) is 0 Å². The quantitative estimate of drug-likeness (QED) is 0.112. The molecule has 0 aromatic heterocycles. The molecule has 9 heteroatoms. The van der Waals surface area contributed by atoms with Crippen molar-refractivity contribution < 1.29 is 14.2 Å². The van der Waals surface area contributed by atoms with Gasteiger partial charge in [0.2, 0.25) is 0 Å². The average molecular weight is 937 g/mol. The highest BCUT2D eigenvalue weighted by Gasteiger charge is 2.19. The second kappa shape index (κ2) is 29.2. The first-order valence-electron chi connectivity index (χ1n) is 23.9. The summed E-state index contributed by atoms with van der Waals surface area (Å²) in [4.78, 5) is 7.40. The van der Waals surface area contributed by atoms with E-state index >= 15 is 0 Å². The van der Waals surface area contributed by atoms with Crippen LogP contribution in [0.4, 0.5) is 22.7 Å². The second-order valence-corrected chi connectivity index (χ2v) is 20.1. The average Bonchev–Trinajstić information content (AvgIpc) is 3.80. The zero-order valence-electron chi connectivity index (χ0n) is 43.3. The lowest BCUT2D eigenvalue weighted by Gasteiger charge is -2.34. The lowest BCUT2D eigenvalue weighted by molar-refractivity contribution is 0.357. The van der Waals surface area contributed by atoms with Crippen LogP contribution in [0.2, 0.25) is 0 Å². The third kappa shape index (κ3) is 18.9. The lowest BCUT2D eigenvalue weighted by atomic mass is 9.90. The van der Waals surface area contributed by atoms with E-state index in [4.69, 9.17) is 14.2 Å². The summed E-state index contributed by atoms with van der Waals surface area (Å²) in [5.41, 5.74) is 9.21. The van der Waals surface area contributed by atoms with Crippen molar-refractivity contribution in [1.29, 1.82) is 0 Å². The third-order valence-corrected chi connectivity index (χ3v) is 13.1. The van der Waals surface area contributed by atoms with Gasteiger partial charge in [0.15, 0.2) is 0 Å². The predicted molar refractivity (Wildman–Crippen MR) is 293 cm³/mol. The number of benzene rings is 5. The number of aryl methyl sites for hydroxylation is 1. The van der Waals surface area contributed by atoms with Gasteiger partial charge in [0.25, 0.3) is 0 Å². The van der Waals surface area contributed by atoms with Gasteiger partial charge in [0, 0.05) is 76.7 Å². The number of hydrogen-bond donors (Lipinski definition) is 2. The summed E-state index contributed by atoms with van der Waals surface area (Å²) in [6.45, 7) is 26.3. The Labute approximate surface area is 410 Å². The van der Waals surface area contributed by atoms with Crippen LogP contribution in [-0.2, 0) is 12.8 Å². The summed E-state index contributed by atoms with van der Waals surface area (Å²) < 4.78 is 15.8. The van der Waals surface area contributed by atoms with E-state index in [2.05, 4.69) is 201 Å². The Morgan fingerprint density at radius 1 is 0.606 bits per heavy atom. The van der Waals surface area contributed by atoms with Crippen molar-refractivity contribution in [3.63, 3.8) is 0 Å². The first kappa shape index (κ1) is 55.7. The molecular weight excluding hydrogens is 853 g/mol. The Bertz CT molecular complexity index is 2030. The molecule has 7 nitrogen and oxygen atoms in total. The maximum absolute atomic E-state index is 5.48. The molecule has 0 aliphatic carbocycles. The van der Waals surface area contributed by atoms with Crippen molar-refractivity contribution in [1.82, 2.24) is 0 Å². The van der Waals surface area contributed by atoms with Crippen molar-refractivity contribution in [2.24, 2.45) is 5.92 Å². The molecule has 5 aromatic carbocycles. The summed E-state index contributed by atoms with van der Waals surface area (Å²) in [5, 5.41) is 6.65. The monoisotopic (exact) mass is 937 g/mol. The summed E-state index contributed by atoms with van der Waals surface area (Å²) in [5.74, 6) is 4.31. The molecule has 66 heavy (non-hydrogen) atoms. The van der Waals surface area contributed by atoms with Crippen LogP contribution in [0.15, 0.2) is 119 Å². The first-order valence-corrected chi connectivity index (χ1v) is 26.3. The molecule has 362 valence electrons. The van der Waals surface area contributed by atoms with E-state index in [0.29, 0.717) is 30.1 Å². The van der Waals surface area contributed by atoms with Crippen LogP contribution in [0.1, 0.15) is 105 Å². The molecule has 1 unspecified atom stereocenters. The number of methoxy groups -OCH3 is 2. The number of thioether (sulfide) groups is 2. The number of hydrogen-bond acceptors (Lipinski definition) is 9. The fraction of sp³-hybridized carbons (Fsp3) is 0.474. The first-order chi connectivity index (χ1) is 31.5. The maximum atomic E-state index is 5.48. The summed E-state index contributed by atoms with van der Waals surface area (Å²) >= 11 is 3.57. The lowest BCUT2D eigenvalue weighted by Crippen LogP contribution is -2.35. The van der Waals surface area contributed by atoms with Crippen molar-refractivity contribution >= 4 is 46.3 Å². The van der Waals surface area contributed by atoms with Crippen molar-refractivity contribution in [2.45, 2.75) is 135 Å². The Morgan fingerprint density at radius 3 is 1.62 bits per heavy atom. The van der Waals surface area contributed by atoms with Gasteiger partial charge in [-0.15, -0.1) is 23.5 Å². The van der Waals surface area contributed by atoms with E-state index in [0.717, 1.165) is 41.9 Å². The summed E-state index contributed by atoms with van der Waals surface area (Å²) in [6, 6.07) is 40.3. The SMILES string of the molecule is CC(C)N(C)c1ccc2c(c1)CCO2.COc1ccc(NC(C)C)cc1.COc1ccc2c(c1)CCCN2C(C)C.CSc1ccc(C(C)C(C)C)cc1.CSc1ccc(NC(C)C)cc1. The van der Waals surface area contributed by atoms with E-state index in [-0.39, 0.29) is 0 Å². The van der Waals surface area contributed by atoms with Crippen molar-refractivity contribution in [3.05, 3.63) is 126 Å². The highest BCUT2D eigenvalue weighted by Crippen LogP contribution is 2.32. The van der Waals surface area contributed by atoms with Crippen LogP contribution < -0.4 is 34.6 Å². The molecule has 1 atom stereocenters. The van der Waals surface area contributed by atoms with Crippen LogP contribution in [0.25, 0.3) is 0 Å². The highest BCUT2D eigenvalue weighted by molar-refractivity contribution is 7.98. The molecule has 0 spiro atoms. The minimum Gasteiger partial charge on any atom is -0.497 e. The molecular formula is C57H84N4O3S2. The fourth-order valence-corrected chi connectivity index (χ4v) is 8.11. The van der Waals surface area contributed by atoms with Gasteiger partial charge in [-0.05, 0) is 206 Å². The largest absolute Gasteiger partial charge is 0.497 e. The van der Waals surface area contributed by atoms with Gasteiger partial charge < -0.3 is 34.6 Å². The Balaban J connectivity index is 0.000000220. The molecule has 2 aliphatic rings. The van der Waals surface area contributed by atoms with Gasteiger partial charge in [0.05, 0.1) is 20.8 Å².